The maximum atomic E-state index is 12.2. The van der Waals surface area contributed by atoms with Crippen molar-refractivity contribution in [2.45, 2.75) is 50.9 Å². The van der Waals surface area contributed by atoms with Crippen molar-refractivity contribution in [1.82, 2.24) is 10.2 Å². The van der Waals surface area contributed by atoms with E-state index in [0.29, 0.717) is 4.90 Å². The van der Waals surface area contributed by atoms with Crippen LogP contribution in [0.2, 0.25) is 0 Å². The number of amides is 2. The van der Waals surface area contributed by atoms with Gasteiger partial charge in [0.25, 0.3) is 5.91 Å². The first kappa shape index (κ1) is 16.6. The smallest absolute Gasteiger partial charge is 0.408 e. The molecule has 8 heteroatoms. The number of likely N-dealkylation sites (N-methyl/N-ethyl adjacent to an activating group) is 1. The minimum Gasteiger partial charge on any atom is -0.433 e. The molecule has 0 heterocycles. The lowest BCUT2D eigenvalue weighted by Gasteiger charge is -2.26. The van der Waals surface area contributed by atoms with Crippen LogP contribution >= 0.6 is 0 Å². The van der Waals surface area contributed by atoms with Gasteiger partial charge in [-0.2, -0.15) is 13.2 Å². The molecule has 0 unspecified atom stereocenters. The summed E-state index contributed by atoms with van der Waals surface area (Å²) >= 11 is 0. The largest absolute Gasteiger partial charge is 0.433 e. The van der Waals surface area contributed by atoms with Crippen LogP contribution in [-0.4, -0.2) is 47.8 Å². The first-order chi connectivity index (χ1) is 8.85. The molecule has 0 bridgehead atoms. The Labute approximate surface area is 115 Å². The van der Waals surface area contributed by atoms with Crippen LogP contribution in [0, 0.1) is 0 Å². The van der Waals surface area contributed by atoms with Crippen molar-refractivity contribution in [3.8, 4) is 0 Å². The Kier molecular flexibility index (Phi) is 4.26. The molecule has 2 amide bonds. The summed E-state index contributed by atoms with van der Waals surface area (Å²) in [6.45, 7) is 3.82. The number of nitrogens with one attached hydrogen (secondary N) is 1. The fraction of sp³-hybridized carbons (Fsp3) is 0.833. The number of rotatable bonds is 3. The summed E-state index contributed by atoms with van der Waals surface area (Å²) in [6.07, 6.45) is -4.80. The summed E-state index contributed by atoms with van der Waals surface area (Å²) in [5.74, 6) is -0.820. The molecule has 1 saturated carbocycles. The van der Waals surface area contributed by atoms with Crippen molar-refractivity contribution in [2.75, 3.05) is 13.6 Å². The quantitative estimate of drug-likeness (QED) is 0.867. The Morgan fingerprint density at radius 3 is 2.10 bits per heavy atom. The third-order valence-electron chi connectivity index (χ3n) is 2.62. The van der Waals surface area contributed by atoms with Gasteiger partial charge < -0.3 is 15.0 Å². The zero-order valence-electron chi connectivity index (χ0n) is 11.9. The van der Waals surface area contributed by atoms with E-state index in [2.05, 4.69) is 5.32 Å². The highest BCUT2D eigenvalue weighted by molar-refractivity contribution is 5.90. The molecule has 0 aromatic rings. The average Bonchev–Trinajstić information content (AvgIpc) is 2.91. The van der Waals surface area contributed by atoms with Crippen LogP contribution in [0.25, 0.3) is 0 Å². The molecule has 0 radical (unpaired) electrons. The molecule has 0 spiro atoms. The third-order valence-corrected chi connectivity index (χ3v) is 2.62. The second-order valence-corrected chi connectivity index (χ2v) is 6.04. The van der Waals surface area contributed by atoms with E-state index < -0.39 is 35.9 Å². The molecule has 0 aromatic carbocycles. The van der Waals surface area contributed by atoms with Crippen LogP contribution in [0.3, 0.4) is 0 Å². The molecule has 0 aliphatic heterocycles. The van der Waals surface area contributed by atoms with E-state index in [-0.39, 0.29) is 12.8 Å². The summed E-state index contributed by atoms with van der Waals surface area (Å²) < 4.78 is 41.8. The van der Waals surface area contributed by atoms with Gasteiger partial charge in [-0.1, -0.05) is 0 Å². The van der Waals surface area contributed by atoms with Gasteiger partial charge in [0.2, 0.25) is 0 Å². The molecule has 20 heavy (non-hydrogen) atoms. The van der Waals surface area contributed by atoms with Crippen LogP contribution in [0.4, 0.5) is 18.0 Å². The summed E-state index contributed by atoms with van der Waals surface area (Å²) in [4.78, 5) is 24.1. The Balaban J connectivity index is 2.61. The maximum Gasteiger partial charge on any atom is 0.408 e. The number of halogens is 3. The predicted molar refractivity (Wildman–Crippen MR) is 65.0 cm³/mol. The van der Waals surface area contributed by atoms with Crippen molar-refractivity contribution in [3.05, 3.63) is 0 Å². The summed E-state index contributed by atoms with van der Waals surface area (Å²) in [5, 5.41) is 2.50. The summed E-state index contributed by atoms with van der Waals surface area (Å²) in [7, 11) is 1.04. The molecule has 1 fully saturated rings. The topological polar surface area (TPSA) is 58.6 Å². The highest BCUT2D eigenvalue weighted by Crippen LogP contribution is 2.41. The second kappa shape index (κ2) is 5.14. The van der Waals surface area contributed by atoms with E-state index in [1.165, 1.54) is 0 Å². The molecule has 0 aromatic heterocycles. The summed E-state index contributed by atoms with van der Waals surface area (Å²) in [6, 6.07) is 0. The monoisotopic (exact) mass is 296 g/mol. The van der Waals surface area contributed by atoms with Crippen LogP contribution in [0.15, 0.2) is 0 Å². The molecule has 1 aliphatic carbocycles. The Morgan fingerprint density at radius 2 is 1.75 bits per heavy atom. The van der Waals surface area contributed by atoms with Gasteiger partial charge in [0, 0.05) is 25.4 Å². The van der Waals surface area contributed by atoms with Crippen LogP contribution < -0.4 is 5.32 Å². The van der Waals surface area contributed by atoms with Crippen molar-refractivity contribution in [1.29, 1.82) is 0 Å². The first-order valence-corrected chi connectivity index (χ1v) is 6.18. The van der Waals surface area contributed by atoms with E-state index in [4.69, 9.17) is 4.74 Å². The van der Waals surface area contributed by atoms with E-state index in [1.54, 1.807) is 20.8 Å². The summed E-state index contributed by atoms with van der Waals surface area (Å²) in [5.41, 5.74) is -1.98. The number of hydrogen-bond acceptors (Lipinski definition) is 3. The average molecular weight is 296 g/mol. The Morgan fingerprint density at radius 1 is 1.25 bits per heavy atom. The number of nitrogens with zero attached hydrogens (tertiary/aromatic N) is 1. The fourth-order valence-electron chi connectivity index (χ4n) is 1.67. The lowest BCUT2D eigenvalue weighted by Crippen LogP contribution is -2.48. The van der Waals surface area contributed by atoms with E-state index in [0.717, 1.165) is 7.05 Å². The van der Waals surface area contributed by atoms with Gasteiger partial charge in [-0.05, 0) is 20.8 Å². The zero-order chi connectivity index (χ0) is 15.8. The lowest BCUT2D eigenvalue weighted by atomic mass is 10.1. The van der Waals surface area contributed by atoms with Crippen molar-refractivity contribution in [2.24, 2.45) is 0 Å². The standard InChI is InChI=1S/C12H19F3N2O3/c1-10(2,3)16-9(19)20-11(5-6-11)8(18)17(4)7-12(13,14)15/h5-7H2,1-4H3,(H,16,19). The van der Waals surface area contributed by atoms with Gasteiger partial charge >= 0.3 is 12.3 Å². The predicted octanol–water partition coefficient (Wildman–Crippen LogP) is 2.06. The molecular formula is C12H19F3N2O3. The van der Waals surface area contributed by atoms with Gasteiger partial charge in [0.05, 0.1) is 0 Å². The van der Waals surface area contributed by atoms with Gasteiger partial charge in [-0.15, -0.1) is 0 Å². The number of alkyl halides is 3. The van der Waals surface area contributed by atoms with Gasteiger partial charge in [0.1, 0.15) is 6.54 Å². The van der Waals surface area contributed by atoms with Crippen molar-refractivity contribution in [3.63, 3.8) is 0 Å². The normalized spacial score (nSPS) is 17.4. The van der Waals surface area contributed by atoms with E-state index in [9.17, 15) is 22.8 Å². The highest BCUT2D eigenvalue weighted by Gasteiger charge is 2.56. The molecule has 1 N–H and O–H groups in total. The fourth-order valence-corrected chi connectivity index (χ4v) is 1.67. The molecule has 116 valence electrons. The zero-order valence-corrected chi connectivity index (χ0v) is 11.9. The lowest BCUT2D eigenvalue weighted by molar-refractivity contribution is -0.165. The minimum atomic E-state index is -4.48. The molecule has 0 atom stereocenters. The van der Waals surface area contributed by atoms with Crippen LogP contribution in [0.5, 0.6) is 0 Å². The highest BCUT2D eigenvalue weighted by atomic mass is 19.4. The first-order valence-electron chi connectivity index (χ1n) is 6.18. The number of ether oxygens (including phenoxy) is 1. The second-order valence-electron chi connectivity index (χ2n) is 6.04. The van der Waals surface area contributed by atoms with Crippen molar-refractivity contribution >= 4 is 12.0 Å². The van der Waals surface area contributed by atoms with Gasteiger partial charge in [0.15, 0.2) is 5.60 Å². The minimum absolute atomic E-state index is 0.242. The van der Waals surface area contributed by atoms with Crippen LogP contribution in [0.1, 0.15) is 33.6 Å². The van der Waals surface area contributed by atoms with Crippen LogP contribution in [-0.2, 0) is 9.53 Å². The van der Waals surface area contributed by atoms with E-state index in [1.807, 2.05) is 0 Å². The number of hydrogen-bond donors (Lipinski definition) is 1. The Bertz CT molecular complexity index is 398. The molecule has 1 rings (SSSR count). The number of alkyl carbamates (subject to hydrolysis) is 1. The number of carbonyl (C=O) groups excluding carboxylic acids is 2. The number of carbonyl (C=O) groups is 2. The SMILES string of the molecule is CN(CC(F)(F)F)C(=O)C1(OC(=O)NC(C)(C)C)CC1. The van der Waals surface area contributed by atoms with E-state index >= 15 is 0 Å². The Hall–Kier alpha value is -1.47. The van der Waals surface area contributed by atoms with Gasteiger partial charge in [-0.25, -0.2) is 4.79 Å². The molecule has 5 nitrogen and oxygen atoms in total. The molecular weight excluding hydrogens is 277 g/mol. The van der Waals surface area contributed by atoms with Crippen molar-refractivity contribution < 1.29 is 27.5 Å². The molecule has 0 saturated heterocycles. The molecule has 1 aliphatic rings. The van der Waals surface area contributed by atoms with Gasteiger partial charge in [-0.3, -0.25) is 4.79 Å². The third kappa shape index (κ3) is 4.90. The maximum absolute atomic E-state index is 12.2.